The number of hydrogen-bond acceptors (Lipinski definition) is 1. The van der Waals surface area contributed by atoms with Crippen LogP contribution in [0, 0.1) is 0 Å². The van der Waals surface area contributed by atoms with Gasteiger partial charge in [-0.15, -0.1) is 0 Å². The third-order valence-corrected chi connectivity index (χ3v) is 11.8. The quantitative estimate of drug-likeness (QED) is 0.150. The van der Waals surface area contributed by atoms with Crippen LogP contribution in [-0.2, 0) is 0 Å². The number of aromatic nitrogens is 1. The fraction of sp³-hybridized carbons (Fsp3) is 0. The lowest BCUT2D eigenvalue weighted by atomic mass is 9.97. The van der Waals surface area contributed by atoms with E-state index in [9.17, 15) is 0 Å². The highest BCUT2D eigenvalue weighted by Crippen LogP contribution is 2.43. The summed E-state index contributed by atoms with van der Waals surface area (Å²) in [5.74, 6) is 0. The zero-order valence-corrected chi connectivity index (χ0v) is 33.0. The Bertz CT molecular complexity index is 3250. The molecule has 0 radical (unpaired) electrons. The van der Waals surface area contributed by atoms with E-state index in [-0.39, 0.29) is 0 Å². The fourth-order valence-electron chi connectivity index (χ4n) is 8.89. The first-order chi connectivity index (χ1) is 29.8. The van der Waals surface area contributed by atoms with Crippen LogP contribution < -0.4 is 4.90 Å². The van der Waals surface area contributed by atoms with E-state index in [1.54, 1.807) is 0 Å². The maximum absolute atomic E-state index is 2.41. The number of benzene rings is 10. The van der Waals surface area contributed by atoms with E-state index < -0.39 is 0 Å². The van der Waals surface area contributed by atoms with Crippen LogP contribution in [0.5, 0.6) is 0 Å². The molecule has 0 N–H and O–H groups in total. The molecular weight excluding hydrogens is 725 g/mol. The first-order valence-electron chi connectivity index (χ1n) is 20.6. The molecule has 2 nitrogen and oxygen atoms in total. The van der Waals surface area contributed by atoms with Gasteiger partial charge in [0.2, 0.25) is 0 Å². The molecule has 0 spiro atoms. The molecule has 0 aliphatic carbocycles. The van der Waals surface area contributed by atoms with Crippen LogP contribution in [0.4, 0.5) is 17.1 Å². The maximum atomic E-state index is 2.41. The monoisotopic (exact) mass is 764 g/mol. The largest absolute Gasteiger partial charge is 0.310 e. The van der Waals surface area contributed by atoms with Gasteiger partial charge in [-0.05, 0) is 105 Å². The normalized spacial score (nSPS) is 11.3. The van der Waals surface area contributed by atoms with Crippen molar-refractivity contribution < 1.29 is 0 Å². The molecule has 1 heterocycles. The number of hydrogen-bond donors (Lipinski definition) is 0. The van der Waals surface area contributed by atoms with Gasteiger partial charge in [0.25, 0.3) is 0 Å². The smallest absolute Gasteiger partial charge is 0.0541 e. The van der Waals surface area contributed by atoms with Gasteiger partial charge in [-0.25, -0.2) is 0 Å². The molecule has 11 rings (SSSR count). The molecule has 10 aromatic carbocycles. The van der Waals surface area contributed by atoms with E-state index in [1.807, 2.05) is 0 Å². The van der Waals surface area contributed by atoms with Gasteiger partial charge >= 0.3 is 0 Å². The Morgan fingerprint density at radius 2 is 0.783 bits per heavy atom. The molecule has 0 fully saturated rings. The summed E-state index contributed by atoms with van der Waals surface area (Å²) in [6.45, 7) is 0. The van der Waals surface area contributed by atoms with E-state index in [2.05, 4.69) is 252 Å². The third-order valence-electron chi connectivity index (χ3n) is 11.8. The van der Waals surface area contributed by atoms with Gasteiger partial charge in [-0.1, -0.05) is 182 Å². The van der Waals surface area contributed by atoms with Crippen molar-refractivity contribution >= 4 is 49.6 Å². The minimum Gasteiger partial charge on any atom is -0.310 e. The Morgan fingerprint density at radius 3 is 1.48 bits per heavy atom. The molecule has 2 heteroatoms. The van der Waals surface area contributed by atoms with E-state index in [0.717, 1.165) is 22.6 Å². The summed E-state index contributed by atoms with van der Waals surface area (Å²) in [5, 5.41) is 5.02. The van der Waals surface area contributed by atoms with Gasteiger partial charge in [-0.2, -0.15) is 0 Å². The maximum Gasteiger partial charge on any atom is 0.0541 e. The van der Waals surface area contributed by atoms with Crippen LogP contribution in [-0.4, -0.2) is 4.57 Å². The van der Waals surface area contributed by atoms with Crippen LogP contribution in [0.2, 0.25) is 0 Å². The van der Waals surface area contributed by atoms with Crippen molar-refractivity contribution in [3.8, 4) is 50.2 Å². The van der Waals surface area contributed by atoms with E-state index in [1.165, 1.54) is 77.2 Å². The van der Waals surface area contributed by atoms with E-state index in [4.69, 9.17) is 0 Å². The summed E-state index contributed by atoms with van der Waals surface area (Å²) in [6.07, 6.45) is 0. The number of para-hydroxylation sites is 4. The summed E-state index contributed by atoms with van der Waals surface area (Å²) in [4.78, 5) is 2.38. The van der Waals surface area contributed by atoms with Gasteiger partial charge in [0, 0.05) is 33.3 Å². The first-order valence-corrected chi connectivity index (χ1v) is 20.6. The molecule has 11 aromatic rings. The zero-order chi connectivity index (χ0) is 39.8. The van der Waals surface area contributed by atoms with Crippen LogP contribution in [0.25, 0.3) is 82.8 Å². The third kappa shape index (κ3) is 6.32. The second-order valence-electron chi connectivity index (χ2n) is 15.3. The second-order valence-corrected chi connectivity index (χ2v) is 15.3. The number of nitrogens with zero attached hydrogens (tertiary/aromatic N) is 2. The molecule has 0 atom stereocenters. The Balaban J connectivity index is 0.980. The standard InChI is InChI=1S/C58H40N2/c1-2-16-44(17-3-1)51-21-6-10-25-55(51)59(50-37-33-43(34-38-50)47-30-29-41-15-4-5-18-45(41)39-47)49-35-31-42(32-36-49)46-19-14-20-48(40-46)52-22-7-11-26-56(52)60-57-27-12-8-23-53(57)54-24-9-13-28-58(54)60/h1-40H. The van der Waals surface area contributed by atoms with Crippen molar-refractivity contribution in [1.29, 1.82) is 0 Å². The van der Waals surface area contributed by atoms with Gasteiger partial charge in [0.1, 0.15) is 0 Å². The van der Waals surface area contributed by atoms with Gasteiger partial charge in [0.15, 0.2) is 0 Å². The van der Waals surface area contributed by atoms with Gasteiger partial charge in [0.05, 0.1) is 22.4 Å². The Morgan fingerprint density at radius 1 is 0.283 bits per heavy atom. The average molecular weight is 765 g/mol. The number of fused-ring (bicyclic) bond motifs is 4. The molecule has 0 unspecified atom stereocenters. The highest BCUT2D eigenvalue weighted by Gasteiger charge is 2.19. The van der Waals surface area contributed by atoms with Crippen LogP contribution in [0.1, 0.15) is 0 Å². The van der Waals surface area contributed by atoms with Crippen molar-refractivity contribution in [3.63, 3.8) is 0 Å². The summed E-state index contributed by atoms with van der Waals surface area (Å²) in [5.41, 5.74) is 16.4. The molecule has 1 aromatic heterocycles. The molecule has 0 aliphatic heterocycles. The van der Waals surface area contributed by atoms with Crippen LogP contribution >= 0.6 is 0 Å². The molecule has 0 aliphatic rings. The second kappa shape index (κ2) is 15.1. The highest BCUT2D eigenvalue weighted by atomic mass is 15.1. The molecule has 0 bridgehead atoms. The lowest BCUT2D eigenvalue weighted by molar-refractivity contribution is 1.18. The lowest BCUT2D eigenvalue weighted by Gasteiger charge is -2.28. The van der Waals surface area contributed by atoms with Crippen molar-refractivity contribution in [2.24, 2.45) is 0 Å². The molecule has 60 heavy (non-hydrogen) atoms. The molecule has 0 saturated carbocycles. The van der Waals surface area contributed by atoms with Crippen molar-refractivity contribution in [1.82, 2.24) is 4.57 Å². The van der Waals surface area contributed by atoms with E-state index in [0.29, 0.717) is 0 Å². The number of rotatable bonds is 8. The Kier molecular flexibility index (Phi) is 8.87. The minimum atomic E-state index is 1.09. The van der Waals surface area contributed by atoms with Gasteiger partial charge < -0.3 is 9.47 Å². The summed E-state index contributed by atoms with van der Waals surface area (Å²) < 4.78 is 2.41. The van der Waals surface area contributed by atoms with Crippen molar-refractivity contribution in [2.75, 3.05) is 4.90 Å². The van der Waals surface area contributed by atoms with Crippen LogP contribution in [0.3, 0.4) is 0 Å². The van der Waals surface area contributed by atoms with E-state index >= 15 is 0 Å². The fourth-order valence-corrected chi connectivity index (χ4v) is 8.89. The van der Waals surface area contributed by atoms with Crippen molar-refractivity contribution in [2.45, 2.75) is 0 Å². The predicted octanol–water partition coefficient (Wildman–Crippen LogP) is 16.1. The average Bonchev–Trinajstić information content (AvgIpc) is 3.67. The van der Waals surface area contributed by atoms with Crippen molar-refractivity contribution in [3.05, 3.63) is 243 Å². The summed E-state index contributed by atoms with van der Waals surface area (Å²) in [7, 11) is 0. The van der Waals surface area contributed by atoms with Gasteiger partial charge in [-0.3, -0.25) is 0 Å². The summed E-state index contributed by atoms with van der Waals surface area (Å²) >= 11 is 0. The van der Waals surface area contributed by atoms with Crippen LogP contribution in [0.15, 0.2) is 243 Å². The molecule has 0 saturated heterocycles. The predicted molar refractivity (Wildman–Crippen MR) is 255 cm³/mol. The first kappa shape index (κ1) is 35.2. The zero-order valence-electron chi connectivity index (χ0n) is 33.0. The minimum absolute atomic E-state index is 1.09. The number of anilines is 3. The SMILES string of the molecule is c1ccc(-c2ccccc2N(c2ccc(-c3cccc(-c4ccccc4-n4c5ccccc5c5ccccc54)c3)cc2)c2ccc(-c3ccc4ccccc4c3)cc2)cc1. The summed E-state index contributed by atoms with van der Waals surface area (Å²) in [6, 6.07) is 87.8. The molecule has 0 amide bonds. The topological polar surface area (TPSA) is 8.17 Å². The molecular formula is C58H40N2. The molecule has 282 valence electrons. The Hall–Kier alpha value is -7.94. The lowest BCUT2D eigenvalue weighted by Crippen LogP contribution is -2.11. The highest BCUT2D eigenvalue weighted by molar-refractivity contribution is 6.09. The Labute approximate surface area is 350 Å².